The van der Waals surface area contributed by atoms with E-state index in [1.165, 1.54) is 5.56 Å². The maximum Gasteiger partial charge on any atom is 0.238 e. The van der Waals surface area contributed by atoms with E-state index in [0.717, 1.165) is 22.4 Å². The average molecular weight is 424 g/mol. The molecular formula is C23H25N3O3S. The molecule has 6 nitrogen and oxygen atoms in total. The van der Waals surface area contributed by atoms with Gasteiger partial charge in [-0.05, 0) is 49.6 Å². The smallest absolute Gasteiger partial charge is 0.238 e. The number of thioether (sulfide) groups is 1. The number of nitrogens with one attached hydrogen (secondary N) is 2. The van der Waals surface area contributed by atoms with Crippen molar-refractivity contribution in [1.82, 2.24) is 10.2 Å². The molecule has 1 amide bonds. The Bertz CT molecular complexity index is 1080. The summed E-state index contributed by atoms with van der Waals surface area (Å²) in [5.41, 5.74) is 5.30. The van der Waals surface area contributed by atoms with Gasteiger partial charge in [-0.2, -0.15) is 5.10 Å². The molecule has 0 spiro atoms. The first-order chi connectivity index (χ1) is 14.5. The van der Waals surface area contributed by atoms with Crippen molar-refractivity contribution < 1.29 is 14.3 Å². The van der Waals surface area contributed by atoms with Gasteiger partial charge in [-0.1, -0.05) is 30.3 Å². The summed E-state index contributed by atoms with van der Waals surface area (Å²) < 4.78 is 11.7. The minimum atomic E-state index is -0.202. The molecule has 2 heterocycles. The molecule has 0 radical (unpaired) electrons. The van der Waals surface area contributed by atoms with Gasteiger partial charge >= 0.3 is 0 Å². The van der Waals surface area contributed by atoms with E-state index in [2.05, 4.69) is 34.6 Å². The third kappa shape index (κ3) is 3.89. The number of fused-ring (bicyclic) bond motifs is 1. The van der Waals surface area contributed by atoms with E-state index in [1.54, 1.807) is 18.9 Å². The number of aromatic amines is 1. The number of methoxy groups -OCH3 is 1. The monoisotopic (exact) mass is 423 g/mol. The van der Waals surface area contributed by atoms with Gasteiger partial charge in [-0.15, -0.1) is 11.8 Å². The molecule has 30 heavy (non-hydrogen) atoms. The van der Waals surface area contributed by atoms with Crippen molar-refractivity contribution in [3.63, 3.8) is 0 Å². The van der Waals surface area contributed by atoms with Crippen LogP contribution in [0.3, 0.4) is 0 Å². The van der Waals surface area contributed by atoms with E-state index in [-0.39, 0.29) is 16.4 Å². The van der Waals surface area contributed by atoms with Crippen LogP contribution in [-0.4, -0.2) is 28.5 Å². The lowest BCUT2D eigenvalue weighted by Crippen LogP contribution is -2.21. The molecule has 3 aromatic rings. The summed E-state index contributed by atoms with van der Waals surface area (Å²) in [5, 5.41) is 9.94. The maximum atomic E-state index is 12.4. The zero-order valence-corrected chi connectivity index (χ0v) is 18.3. The first kappa shape index (κ1) is 20.3. The third-order valence-corrected chi connectivity index (χ3v) is 6.74. The molecule has 0 aliphatic carbocycles. The molecule has 7 heteroatoms. The number of H-pyrrole nitrogens is 1. The summed E-state index contributed by atoms with van der Waals surface area (Å²) in [6, 6.07) is 14.1. The van der Waals surface area contributed by atoms with Gasteiger partial charge in [0.1, 0.15) is 6.61 Å². The van der Waals surface area contributed by atoms with Crippen molar-refractivity contribution >= 4 is 23.5 Å². The number of nitrogens with zero attached hydrogens (tertiary/aromatic N) is 1. The van der Waals surface area contributed by atoms with Gasteiger partial charge in [-0.25, -0.2) is 0 Å². The Labute approximate surface area is 180 Å². The highest BCUT2D eigenvalue weighted by molar-refractivity contribution is 8.01. The standard InChI is InChI=1S/C23H25N3O3S/c1-13-7-5-6-8-17(13)12-29-18-10-9-16(11-19(18)28-4)21-20-14(2)25-26-22(20)24-23(27)15(3)30-21/h5-11,15,21H,12H2,1-4H3,(H2,24,25,26,27). The van der Waals surface area contributed by atoms with E-state index in [9.17, 15) is 4.79 Å². The van der Waals surface area contributed by atoms with Gasteiger partial charge in [0, 0.05) is 11.3 Å². The highest BCUT2D eigenvalue weighted by Gasteiger charge is 2.32. The van der Waals surface area contributed by atoms with Crippen LogP contribution >= 0.6 is 11.8 Å². The van der Waals surface area contributed by atoms with Crippen LogP contribution in [0.15, 0.2) is 42.5 Å². The number of aromatic nitrogens is 2. The molecule has 2 atom stereocenters. The van der Waals surface area contributed by atoms with Crippen molar-refractivity contribution in [3.8, 4) is 11.5 Å². The van der Waals surface area contributed by atoms with Crippen LogP contribution < -0.4 is 14.8 Å². The number of anilines is 1. The van der Waals surface area contributed by atoms with Gasteiger partial charge in [0.15, 0.2) is 17.3 Å². The molecule has 0 saturated carbocycles. The zero-order valence-electron chi connectivity index (χ0n) is 17.5. The second-order valence-corrected chi connectivity index (χ2v) is 8.83. The van der Waals surface area contributed by atoms with Crippen molar-refractivity contribution in [1.29, 1.82) is 0 Å². The Balaban J connectivity index is 1.64. The van der Waals surface area contributed by atoms with Crippen molar-refractivity contribution in [3.05, 3.63) is 70.4 Å². The van der Waals surface area contributed by atoms with Crippen LogP contribution in [0.2, 0.25) is 0 Å². The summed E-state index contributed by atoms with van der Waals surface area (Å²) in [6.45, 7) is 6.43. The first-order valence-corrected chi connectivity index (χ1v) is 10.8. The quantitative estimate of drug-likeness (QED) is 0.618. The minimum Gasteiger partial charge on any atom is -0.493 e. The molecule has 1 aromatic heterocycles. The Morgan fingerprint density at radius 1 is 1.13 bits per heavy atom. The van der Waals surface area contributed by atoms with Crippen LogP contribution in [0.25, 0.3) is 0 Å². The predicted molar refractivity (Wildman–Crippen MR) is 119 cm³/mol. The lowest BCUT2D eigenvalue weighted by Gasteiger charge is -2.19. The molecule has 4 rings (SSSR count). The molecule has 2 unspecified atom stereocenters. The van der Waals surface area contributed by atoms with E-state index < -0.39 is 0 Å². The summed E-state index contributed by atoms with van der Waals surface area (Å²) in [4.78, 5) is 12.4. The van der Waals surface area contributed by atoms with E-state index >= 15 is 0 Å². The first-order valence-electron chi connectivity index (χ1n) is 9.84. The fourth-order valence-electron chi connectivity index (χ4n) is 3.55. The lowest BCUT2D eigenvalue weighted by molar-refractivity contribution is -0.115. The third-order valence-electron chi connectivity index (χ3n) is 5.34. The van der Waals surface area contributed by atoms with Gasteiger partial charge < -0.3 is 14.8 Å². The molecule has 156 valence electrons. The van der Waals surface area contributed by atoms with Crippen LogP contribution in [0, 0.1) is 13.8 Å². The Morgan fingerprint density at radius 3 is 2.70 bits per heavy atom. The molecule has 1 aliphatic rings. The number of benzene rings is 2. The molecule has 0 fully saturated rings. The van der Waals surface area contributed by atoms with Crippen molar-refractivity contribution in [2.75, 3.05) is 12.4 Å². The van der Waals surface area contributed by atoms with Crippen LogP contribution in [-0.2, 0) is 11.4 Å². The van der Waals surface area contributed by atoms with Crippen LogP contribution in [0.1, 0.15) is 40.1 Å². The normalized spacial score (nSPS) is 18.3. The number of hydrogen-bond donors (Lipinski definition) is 2. The fourth-order valence-corrected chi connectivity index (χ4v) is 4.86. The van der Waals surface area contributed by atoms with Gasteiger partial charge in [0.2, 0.25) is 5.91 Å². The Kier molecular flexibility index (Phi) is 5.72. The number of carbonyl (C=O) groups excluding carboxylic acids is 1. The summed E-state index contributed by atoms with van der Waals surface area (Å²) >= 11 is 1.60. The highest BCUT2D eigenvalue weighted by Crippen LogP contribution is 2.46. The molecule has 2 aromatic carbocycles. The van der Waals surface area contributed by atoms with E-state index in [4.69, 9.17) is 9.47 Å². The number of ether oxygens (including phenoxy) is 2. The zero-order chi connectivity index (χ0) is 21.3. The lowest BCUT2D eigenvalue weighted by atomic mass is 10.0. The SMILES string of the molecule is COc1cc(C2SC(C)C(=O)Nc3n[nH]c(C)c32)ccc1OCc1ccccc1C. The molecule has 0 saturated heterocycles. The van der Waals surface area contributed by atoms with Crippen molar-refractivity contribution in [2.24, 2.45) is 0 Å². The maximum absolute atomic E-state index is 12.4. The number of rotatable bonds is 5. The second kappa shape index (κ2) is 8.44. The van der Waals surface area contributed by atoms with Crippen LogP contribution in [0.5, 0.6) is 11.5 Å². The molecular weight excluding hydrogens is 398 g/mol. The van der Waals surface area contributed by atoms with Crippen molar-refractivity contribution in [2.45, 2.75) is 37.9 Å². The molecule has 2 N–H and O–H groups in total. The number of aryl methyl sites for hydroxylation is 2. The number of hydrogen-bond acceptors (Lipinski definition) is 5. The van der Waals surface area contributed by atoms with Gasteiger partial charge in [-0.3, -0.25) is 9.89 Å². The molecule has 0 bridgehead atoms. The Hall–Kier alpha value is -2.93. The van der Waals surface area contributed by atoms with E-state index in [0.29, 0.717) is 23.9 Å². The van der Waals surface area contributed by atoms with Gasteiger partial charge in [0.05, 0.1) is 17.6 Å². The second-order valence-electron chi connectivity index (χ2n) is 7.38. The van der Waals surface area contributed by atoms with Crippen LogP contribution in [0.4, 0.5) is 5.82 Å². The summed E-state index contributed by atoms with van der Waals surface area (Å²) in [7, 11) is 1.64. The van der Waals surface area contributed by atoms with E-state index in [1.807, 2.05) is 44.2 Å². The minimum absolute atomic E-state index is 0.0413. The Morgan fingerprint density at radius 2 is 1.93 bits per heavy atom. The largest absolute Gasteiger partial charge is 0.493 e. The summed E-state index contributed by atoms with van der Waals surface area (Å²) in [6.07, 6.45) is 0. The number of carbonyl (C=O) groups is 1. The molecule has 1 aliphatic heterocycles. The van der Waals surface area contributed by atoms with Gasteiger partial charge in [0.25, 0.3) is 0 Å². The average Bonchev–Trinajstić information content (AvgIpc) is 3.04. The number of amides is 1. The predicted octanol–water partition coefficient (Wildman–Crippen LogP) is 4.78. The highest BCUT2D eigenvalue weighted by atomic mass is 32.2. The fraction of sp³-hybridized carbons (Fsp3) is 0.304. The summed E-state index contributed by atoms with van der Waals surface area (Å²) in [5.74, 6) is 1.91. The topological polar surface area (TPSA) is 76.2 Å².